The van der Waals surface area contributed by atoms with Gasteiger partial charge in [-0.25, -0.2) is 4.99 Å². The number of Topliss-reactive ketones (excluding diaryl/α,β-unsaturated/α-hetero) is 1. The molecule has 1 heterocycles. The molecule has 5 heteroatoms. The molecule has 1 unspecified atom stereocenters. The lowest BCUT2D eigenvalue weighted by Gasteiger charge is -2.02. The number of benzene rings is 1. The summed E-state index contributed by atoms with van der Waals surface area (Å²) in [7, 11) is 1.30. The number of methoxy groups -OCH3 is 1. The molecule has 1 aromatic rings. The predicted molar refractivity (Wildman–Crippen MR) is 69.0 cm³/mol. The summed E-state index contributed by atoms with van der Waals surface area (Å²) in [6.45, 7) is 0.240. The summed E-state index contributed by atoms with van der Waals surface area (Å²) >= 11 is 0. The first-order valence-corrected chi connectivity index (χ1v) is 6.06. The molecule has 0 N–H and O–H groups in total. The molecule has 5 nitrogen and oxygen atoms in total. The minimum absolute atomic E-state index is 0.0853. The minimum Gasteiger partial charge on any atom is -0.475 e. The Kier molecular flexibility index (Phi) is 4.28. The van der Waals surface area contributed by atoms with Crippen LogP contribution in [0, 0.1) is 0 Å². The number of carbonyl (C=O) groups is 2. The molecule has 1 aliphatic rings. The summed E-state index contributed by atoms with van der Waals surface area (Å²) < 4.78 is 9.91. The Morgan fingerprint density at radius 3 is 2.74 bits per heavy atom. The predicted octanol–water partition coefficient (Wildman–Crippen LogP) is 1.35. The number of ether oxygens (including phenoxy) is 2. The zero-order chi connectivity index (χ0) is 13.7. The van der Waals surface area contributed by atoms with E-state index in [-0.39, 0.29) is 31.2 Å². The molecule has 0 aliphatic carbocycles. The number of ketones is 1. The van der Waals surface area contributed by atoms with Crippen LogP contribution in [0.15, 0.2) is 35.3 Å². The van der Waals surface area contributed by atoms with Gasteiger partial charge in [0, 0.05) is 12.0 Å². The van der Waals surface area contributed by atoms with Gasteiger partial charge in [-0.15, -0.1) is 0 Å². The molecule has 1 aromatic carbocycles. The fourth-order valence-electron chi connectivity index (χ4n) is 1.77. The average molecular weight is 261 g/mol. The molecule has 19 heavy (non-hydrogen) atoms. The van der Waals surface area contributed by atoms with Gasteiger partial charge in [0.2, 0.25) is 5.90 Å². The number of aliphatic imine (C=N–C) groups is 1. The van der Waals surface area contributed by atoms with Crippen LogP contribution in [0.4, 0.5) is 0 Å². The Balaban J connectivity index is 1.95. The second kappa shape index (κ2) is 6.13. The van der Waals surface area contributed by atoms with Crippen LogP contribution in [0.2, 0.25) is 0 Å². The zero-order valence-corrected chi connectivity index (χ0v) is 10.7. The fourth-order valence-corrected chi connectivity index (χ4v) is 1.77. The molecule has 0 spiro atoms. The summed E-state index contributed by atoms with van der Waals surface area (Å²) in [4.78, 5) is 27.1. The van der Waals surface area contributed by atoms with Crippen molar-refractivity contribution in [2.24, 2.45) is 4.99 Å². The lowest BCUT2D eigenvalue weighted by molar-refractivity contribution is -0.142. The zero-order valence-electron chi connectivity index (χ0n) is 10.7. The van der Waals surface area contributed by atoms with E-state index in [2.05, 4.69) is 9.73 Å². The quantitative estimate of drug-likeness (QED) is 0.750. The van der Waals surface area contributed by atoms with Gasteiger partial charge in [-0.2, -0.15) is 0 Å². The van der Waals surface area contributed by atoms with E-state index in [1.54, 1.807) is 0 Å². The Morgan fingerprint density at radius 1 is 1.32 bits per heavy atom. The van der Waals surface area contributed by atoms with Crippen molar-refractivity contribution in [3.8, 4) is 0 Å². The van der Waals surface area contributed by atoms with Gasteiger partial charge in [-0.3, -0.25) is 9.59 Å². The highest BCUT2D eigenvalue weighted by Crippen LogP contribution is 2.14. The van der Waals surface area contributed by atoms with Gasteiger partial charge in [-0.05, 0) is 12.1 Å². The van der Waals surface area contributed by atoms with Gasteiger partial charge in [0.15, 0.2) is 5.78 Å². The van der Waals surface area contributed by atoms with E-state index in [1.807, 2.05) is 30.3 Å². The molecule has 0 fully saturated rings. The van der Waals surface area contributed by atoms with E-state index in [0.29, 0.717) is 5.90 Å². The van der Waals surface area contributed by atoms with Gasteiger partial charge in [0.25, 0.3) is 0 Å². The van der Waals surface area contributed by atoms with Crippen LogP contribution in [0.25, 0.3) is 0 Å². The molecule has 0 aromatic heterocycles. The van der Waals surface area contributed by atoms with Crippen molar-refractivity contribution in [3.05, 3.63) is 35.9 Å². The lowest BCUT2D eigenvalue weighted by atomic mass is 10.1. The number of esters is 1. The van der Waals surface area contributed by atoms with Gasteiger partial charge >= 0.3 is 5.97 Å². The highest BCUT2D eigenvalue weighted by Gasteiger charge is 2.26. The summed E-state index contributed by atoms with van der Waals surface area (Å²) in [6.07, 6.45) is 0.217. The van der Waals surface area contributed by atoms with E-state index in [0.717, 1.165) is 5.56 Å². The Hall–Kier alpha value is -2.17. The molecule has 1 aliphatic heterocycles. The second-order valence-corrected chi connectivity index (χ2v) is 4.17. The van der Waals surface area contributed by atoms with Crippen LogP contribution < -0.4 is 0 Å². The number of hydrogen-bond donors (Lipinski definition) is 0. The Morgan fingerprint density at radius 2 is 2.05 bits per heavy atom. The fraction of sp³-hybridized carbons (Fsp3) is 0.357. The standard InChI is InChI=1S/C14H15NO4/c1-18-13(17)8-7-12(16)11-9-19-14(15-11)10-5-3-2-4-6-10/h2-6,11H,7-9H2,1H3. The molecule has 2 rings (SSSR count). The van der Waals surface area contributed by atoms with Gasteiger partial charge in [0.05, 0.1) is 13.5 Å². The van der Waals surface area contributed by atoms with Crippen LogP contribution in [0.5, 0.6) is 0 Å². The molecule has 0 saturated heterocycles. The number of carbonyl (C=O) groups excluding carboxylic acids is 2. The average Bonchev–Trinajstić information content (AvgIpc) is 2.95. The molecule has 100 valence electrons. The minimum atomic E-state index is -0.514. The SMILES string of the molecule is COC(=O)CCC(=O)C1COC(c2ccccc2)=N1. The third kappa shape index (κ3) is 3.40. The molecule has 1 atom stereocenters. The maximum atomic E-state index is 11.8. The van der Waals surface area contributed by atoms with Gasteiger partial charge < -0.3 is 9.47 Å². The van der Waals surface area contributed by atoms with Crippen LogP contribution in [-0.2, 0) is 19.1 Å². The van der Waals surface area contributed by atoms with E-state index in [4.69, 9.17) is 4.74 Å². The topological polar surface area (TPSA) is 65.0 Å². The maximum Gasteiger partial charge on any atom is 0.305 e. The first kappa shape index (κ1) is 13.3. The highest BCUT2D eigenvalue weighted by atomic mass is 16.5. The van der Waals surface area contributed by atoms with Crippen molar-refractivity contribution >= 4 is 17.7 Å². The first-order chi connectivity index (χ1) is 9.20. The van der Waals surface area contributed by atoms with Crippen LogP contribution in [-0.4, -0.2) is 37.4 Å². The highest BCUT2D eigenvalue weighted by molar-refractivity contribution is 5.99. The van der Waals surface area contributed by atoms with E-state index in [9.17, 15) is 9.59 Å². The van der Waals surface area contributed by atoms with E-state index >= 15 is 0 Å². The molecular weight excluding hydrogens is 246 g/mol. The molecule has 0 amide bonds. The lowest BCUT2D eigenvalue weighted by Crippen LogP contribution is -2.20. The molecule has 0 radical (unpaired) electrons. The molecule has 0 bridgehead atoms. The Bertz CT molecular complexity index is 495. The number of hydrogen-bond acceptors (Lipinski definition) is 5. The van der Waals surface area contributed by atoms with Crippen molar-refractivity contribution in [1.29, 1.82) is 0 Å². The largest absolute Gasteiger partial charge is 0.475 e. The van der Waals surface area contributed by atoms with Crippen LogP contribution in [0.3, 0.4) is 0 Å². The molecule has 0 saturated carbocycles. The monoisotopic (exact) mass is 261 g/mol. The number of rotatable bonds is 5. The van der Waals surface area contributed by atoms with Crippen LogP contribution >= 0.6 is 0 Å². The third-order valence-electron chi connectivity index (χ3n) is 2.85. The summed E-state index contributed by atoms with van der Waals surface area (Å²) in [5.41, 5.74) is 0.853. The smallest absolute Gasteiger partial charge is 0.305 e. The van der Waals surface area contributed by atoms with E-state index in [1.165, 1.54) is 7.11 Å². The van der Waals surface area contributed by atoms with Crippen molar-refractivity contribution in [1.82, 2.24) is 0 Å². The van der Waals surface area contributed by atoms with Gasteiger partial charge in [0.1, 0.15) is 12.6 Å². The summed E-state index contributed by atoms with van der Waals surface area (Å²) in [5, 5.41) is 0. The second-order valence-electron chi connectivity index (χ2n) is 4.17. The normalized spacial score (nSPS) is 17.5. The molecular formula is C14H15NO4. The van der Waals surface area contributed by atoms with Crippen LogP contribution in [0.1, 0.15) is 18.4 Å². The van der Waals surface area contributed by atoms with Crippen molar-refractivity contribution in [3.63, 3.8) is 0 Å². The van der Waals surface area contributed by atoms with Gasteiger partial charge in [-0.1, -0.05) is 18.2 Å². The van der Waals surface area contributed by atoms with E-state index < -0.39 is 6.04 Å². The maximum absolute atomic E-state index is 11.8. The summed E-state index contributed by atoms with van der Waals surface area (Å²) in [5.74, 6) is -0.00660. The van der Waals surface area contributed by atoms with Crippen molar-refractivity contribution in [2.45, 2.75) is 18.9 Å². The van der Waals surface area contributed by atoms with Crippen molar-refractivity contribution < 1.29 is 19.1 Å². The summed E-state index contributed by atoms with van der Waals surface area (Å²) in [6, 6.07) is 8.90. The number of nitrogens with zero attached hydrogens (tertiary/aromatic N) is 1. The first-order valence-electron chi connectivity index (χ1n) is 6.06. The third-order valence-corrected chi connectivity index (χ3v) is 2.85. The Labute approximate surface area is 111 Å². The van der Waals surface area contributed by atoms with Crippen molar-refractivity contribution in [2.75, 3.05) is 13.7 Å².